The summed E-state index contributed by atoms with van der Waals surface area (Å²) in [4.78, 5) is 0. The Morgan fingerprint density at radius 3 is 1.75 bits per heavy atom. The molecule has 2 heteroatoms. The van der Waals surface area contributed by atoms with E-state index in [9.17, 15) is 0 Å². The van der Waals surface area contributed by atoms with Crippen molar-refractivity contribution in [1.29, 1.82) is 0 Å². The van der Waals surface area contributed by atoms with Gasteiger partial charge in [-0.15, -0.1) is 0 Å². The fraction of sp³-hybridized carbons (Fsp3) is 0.571. The van der Waals surface area contributed by atoms with Gasteiger partial charge in [-0.25, -0.2) is 0 Å². The van der Waals surface area contributed by atoms with E-state index in [1.54, 1.807) is 0 Å². The van der Waals surface area contributed by atoms with Crippen molar-refractivity contribution >= 4 is 0 Å². The Hall–Kier alpha value is -0.860. The Balaban J connectivity index is 0.000000293. The molecule has 0 radical (unpaired) electrons. The van der Waals surface area contributed by atoms with Crippen LogP contribution in [0.3, 0.4) is 0 Å². The molecule has 1 aromatic rings. The molecule has 0 aliphatic carbocycles. The van der Waals surface area contributed by atoms with E-state index < -0.39 is 0 Å². The van der Waals surface area contributed by atoms with Gasteiger partial charge >= 0.3 is 0 Å². The van der Waals surface area contributed by atoms with E-state index in [0.29, 0.717) is 12.1 Å². The van der Waals surface area contributed by atoms with E-state index in [4.69, 9.17) is 0 Å². The van der Waals surface area contributed by atoms with Crippen molar-refractivity contribution in [2.75, 3.05) is 7.05 Å². The minimum absolute atomic E-state index is 0.625. The molecule has 0 unspecified atom stereocenters. The van der Waals surface area contributed by atoms with Crippen molar-refractivity contribution in [3.05, 3.63) is 35.9 Å². The molecule has 0 amide bonds. The SMILES string of the molecule is CC(C)NC(C)C.CNCc1ccccc1. The first kappa shape index (κ1) is 15.1. The average molecular weight is 222 g/mol. The normalized spacial score (nSPS) is 10.2. The molecule has 1 rings (SSSR count). The van der Waals surface area contributed by atoms with Crippen LogP contribution in [0.4, 0.5) is 0 Å². The molecule has 0 aliphatic rings. The average Bonchev–Trinajstić information content (AvgIpc) is 2.18. The van der Waals surface area contributed by atoms with Crippen LogP contribution in [0, 0.1) is 0 Å². The van der Waals surface area contributed by atoms with Crippen molar-refractivity contribution in [3.63, 3.8) is 0 Å². The second kappa shape index (κ2) is 9.37. The molecule has 0 aliphatic heterocycles. The number of benzene rings is 1. The smallest absolute Gasteiger partial charge is 0.0202 e. The molecule has 16 heavy (non-hydrogen) atoms. The van der Waals surface area contributed by atoms with Crippen LogP contribution in [0.15, 0.2) is 30.3 Å². The lowest BCUT2D eigenvalue weighted by molar-refractivity contribution is 0.518. The van der Waals surface area contributed by atoms with Gasteiger partial charge in [0.15, 0.2) is 0 Å². The summed E-state index contributed by atoms with van der Waals surface area (Å²) in [6, 6.07) is 11.6. The first-order chi connectivity index (χ1) is 7.56. The van der Waals surface area contributed by atoms with Crippen LogP contribution in [0.2, 0.25) is 0 Å². The van der Waals surface area contributed by atoms with Gasteiger partial charge in [-0.1, -0.05) is 58.0 Å². The largest absolute Gasteiger partial charge is 0.316 e. The minimum Gasteiger partial charge on any atom is -0.316 e. The van der Waals surface area contributed by atoms with Gasteiger partial charge in [-0.05, 0) is 12.6 Å². The van der Waals surface area contributed by atoms with Gasteiger partial charge < -0.3 is 10.6 Å². The highest BCUT2D eigenvalue weighted by molar-refractivity contribution is 5.13. The van der Waals surface area contributed by atoms with Gasteiger partial charge in [0.05, 0.1) is 0 Å². The summed E-state index contributed by atoms with van der Waals surface area (Å²) in [5.41, 5.74) is 1.33. The Kier molecular flexibility index (Phi) is 8.87. The van der Waals surface area contributed by atoms with Crippen LogP contribution in [0.25, 0.3) is 0 Å². The van der Waals surface area contributed by atoms with E-state index in [-0.39, 0.29) is 0 Å². The van der Waals surface area contributed by atoms with E-state index in [1.807, 2.05) is 25.2 Å². The molecule has 0 spiro atoms. The van der Waals surface area contributed by atoms with Gasteiger partial charge in [0, 0.05) is 18.6 Å². The molecule has 92 valence electrons. The minimum atomic E-state index is 0.625. The van der Waals surface area contributed by atoms with E-state index in [2.05, 4.69) is 50.5 Å². The van der Waals surface area contributed by atoms with E-state index in [0.717, 1.165) is 6.54 Å². The monoisotopic (exact) mass is 222 g/mol. The first-order valence-corrected chi connectivity index (χ1v) is 6.00. The maximum absolute atomic E-state index is 3.31. The van der Waals surface area contributed by atoms with Crippen LogP contribution < -0.4 is 10.6 Å². The first-order valence-electron chi connectivity index (χ1n) is 6.00. The predicted octanol–water partition coefficient (Wildman–Crippen LogP) is 2.80. The maximum Gasteiger partial charge on any atom is 0.0202 e. The van der Waals surface area contributed by atoms with Crippen LogP contribution >= 0.6 is 0 Å². The maximum atomic E-state index is 3.31. The number of rotatable bonds is 4. The van der Waals surface area contributed by atoms with Crippen molar-refractivity contribution < 1.29 is 0 Å². The summed E-state index contributed by atoms with van der Waals surface area (Å²) in [6.45, 7) is 9.57. The molecule has 0 fully saturated rings. The topological polar surface area (TPSA) is 24.1 Å². The summed E-state index contributed by atoms with van der Waals surface area (Å²) >= 11 is 0. The molecular weight excluding hydrogens is 196 g/mol. The third-order valence-corrected chi connectivity index (χ3v) is 1.89. The molecule has 2 nitrogen and oxygen atoms in total. The zero-order valence-corrected chi connectivity index (χ0v) is 11.2. The molecule has 0 atom stereocenters. The Morgan fingerprint density at radius 1 is 0.938 bits per heavy atom. The zero-order chi connectivity index (χ0) is 12.4. The quantitative estimate of drug-likeness (QED) is 0.818. The van der Waals surface area contributed by atoms with Crippen LogP contribution in [-0.4, -0.2) is 19.1 Å². The Morgan fingerprint density at radius 2 is 1.44 bits per heavy atom. The summed E-state index contributed by atoms with van der Waals surface area (Å²) in [5.74, 6) is 0. The summed E-state index contributed by atoms with van der Waals surface area (Å²) in [6.07, 6.45) is 0. The van der Waals surface area contributed by atoms with Crippen LogP contribution in [0.1, 0.15) is 33.3 Å². The van der Waals surface area contributed by atoms with Gasteiger partial charge in [-0.3, -0.25) is 0 Å². The fourth-order valence-electron chi connectivity index (χ4n) is 1.47. The predicted molar refractivity (Wildman–Crippen MR) is 72.6 cm³/mol. The van der Waals surface area contributed by atoms with Gasteiger partial charge in [0.25, 0.3) is 0 Å². The number of hydrogen-bond acceptors (Lipinski definition) is 2. The number of hydrogen-bond donors (Lipinski definition) is 2. The van der Waals surface area contributed by atoms with Crippen molar-refractivity contribution in [1.82, 2.24) is 10.6 Å². The third kappa shape index (κ3) is 9.69. The van der Waals surface area contributed by atoms with Gasteiger partial charge in [0.1, 0.15) is 0 Å². The highest BCUT2D eigenvalue weighted by Gasteiger charge is 1.92. The lowest BCUT2D eigenvalue weighted by Gasteiger charge is -2.10. The lowest BCUT2D eigenvalue weighted by atomic mass is 10.2. The summed E-state index contributed by atoms with van der Waals surface area (Å²) in [5, 5.41) is 6.39. The van der Waals surface area contributed by atoms with Gasteiger partial charge in [-0.2, -0.15) is 0 Å². The second-order valence-electron chi connectivity index (χ2n) is 4.49. The number of nitrogens with one attached hydrogen (secondary N) is 2. The molecule has 0 aromatic heterocycles. The molecule has 1 aromatic carbocycles. The van der Waals surface area contributed by atoms with Crippen molar-refractivity contribution in [3.8, 4) is 0 Å². The van der Waals surface area contributed by atoms with Gasteiger partial charge in [0.2, 0.25) is 0 Å². The molecular formula is C14H26N2. The van der Waals surface area contributed by atoms with E-state index >= 15 is 0 Å². The highest BCUT2D eigenvalue weighted by atomic mass is 14.9. The van der Waals surface area contributed by atoms with Crippen molar-refractivity contribution in [2.24, 2.45) is 0 Å². The molecule has 0 saturated carbocycles. The highest BCUT2D eigenvalue weighted by Crippen LogP contribution is 1.95. The molecule has 2 N–H and O–H groups in total. The molecule has 0 bridgehead atoms. The molecule has 0 heterocycles. The van der Waals surface area contributed by atoms with Crippen LogP contribution in [0.5, 0.6) is 0 Å². The summed E-state index contributed by atoms with van der Waals surface area (Å²) < 4.78 is 0. The van der Waals surface area contributed by atoms with Crippen LogP contribution in [-0.2, 0) is 6.54 Å². The van der Waals surface area contributed by atoms with Crippen molar-refractivity contribution in [2.45, 2.75) is 46.3 Å². The third-order valence-electron chi connectivity index (χ3n) is 1.89. The van der Waals surface area contributed by atoms with E-state index in [1.165, 1.54) is 5.56 Å². The summed E-state index contributed by atoms with van der Waals surface area (Å²) in [7, 11) is 1.95. The molecule has 0 saturated heterocycles. The fourth-order valence-corrected chi connectivity index (χ4v) is 1.47. The zero-order valence-electron chi connectivity index (χ0n) is 11.2. The Labute approximate surface area is 100 Å². The Bertz CT molecular complexity index is 236. The second-order valence-corrected chi connectivity index (χ2v) is 4.49. The standard InChI is InChI=1S/C8H11N.C6H15N/c1-9-7-8-5-3-2-4-6-8;1-5(2)7-6(3)4/h2-6,9H,7H2,1H3;5-7H,1-4H3. The lowest BCUT2D eigenvalue weighted by Crippen LogP contribution is -2.29.